The largest absolute Gasteiger partial charge is 0.490 e. The third-order valence-electron chi connectivity index (χ3n) is 6.13. The van der Waals surface area contributed by atoms with E-state index in [1.54, 1.807) is 11.0 Å². The average molecular weight is 496 g/mol. The van der Waals surface area contributed by atoms with Gasteiger partial charge in [0, 0.05) is 45.1 Å². The zero-order valence-electron chi connectivity index (χ0n) is 20.0. The van der Waals surface area contributed by atoms with E-state index in [0.717, 1.165) is 38.5 Å². The third kappa shape index (κ3) is 7.59. The van der Waals surface area contributed by atoms with E-state index in [0.29, 0.717) is 44.3 Å². The zero-order valence-corrected chi connectivity index (χ0v) is 20.8. The van der Waals surface area contributed by atoms with Crippen LogP contribution >= 0.6 is 0 Å². The number of likely N-dealkylation sites (tertiary alicyclic amines) is 1. The molecule has 0 aliphatic carbocycles. The smallest absolute Gasteiger partial charge is 0.240 e. The van der Waals surface area contributed by atoms with Crippen molar-refractivity contribution in [2.75, 3.05) is 39.4 Å². The van der Waals surface area contributed by atoms with Crippen molar-refractivity contribution in [3.05, 3.63) is 18.2 Å². The molecule has 1 fully saturated rings. The van der Waals surface area contributed by atoms with Crippen molar-refractivity contribution in [3.8, 4) is 11.5 Å². The van der Waals surface area contributed by atoms with E-state index in [4.69, 9.17) is 9.47 Å². The molecule has 2 N–H and O–H groups in total. The van der Waals surface area contributed by atoms with Crippen LogP contribution in [0.25, 0.3) is 0 Å². The van der Waals surface area contributed by atoms with Crippen LogP contribution in [-0.4, -0.2) is 64.5 Å². The fraction of sp³-hybridized carbons (Fsp3) is 0.667. The number of hydrogen-bond acceptors (Lipinski definition) is 6. The van der Waals surface area contributed by atoms with Gasteiger partial charge in [0.2, 0.25) is 21.8 Å². The van der Waals surface area contributed by atoms with E-state index >= 15 is 0 Å². The Morgan fingerprint density at radius 1 is 1.06 bits per heavy atom. The van der Waals surface area contributed by atoms with Crippen LogP contribution in [0.15, 0.2) is 23.1 Å². The summed E-state index contributed by atoms with van der Waals surface area (Å²) in [7, 11) is -3.79. The predicted molar refractivity (Wildman–Crippen MR) is 128 cm³/mol. The van der Waals surface area contributed by atoms with Gasteiger partial charge >= 0.3 is 0 Å². The lowest BCUT2D eigenvalue weighted by Crippen LogP contribution is -2.46. The number of unbranched alkanes of at least 4 members (excludes halogenated alkanes) is 3. The Bertz CT molecular complexity index is 937. The standard InChI is InChI=1S/C24H37N3O6S/c1-2-3-4-5-12-25-24(29)19-8-6-14-27(18-19)23(28)11-13-26-34(30,31)20-9-10-21-22(17-20)33-16-7-15-32-21/h9-10,17,19,26H,2-8,11-16,18H2,1H3,(H,25,29). The highest BCUT2D eigenvalue weighted by Crippen LogP contribution is 2.31. The Balaban J connectivity index is 1.45. The zero-order chi connectivity index (χ0) is 24.4. The van der Waals surface area contributed by atoms with Crippen molar-refractivity contribution < 1.29 is 27.5 Å². The van der Waals surface area contributed by atoms with Crippen LogP contribution in [-0.2, 0) is 19.6 Å². The lowest BCUT2D eigenvalue weighted by molar-refractivity contribution is -0.135. The van der Waals surface area contributed by atoms with Crippen LogP contribution < -0.4 is 19.5 Å². The Morgan fingerprint density at radius 2 is 1.85 bits per heavy atom. The van der Waals surface area contributed by atoms with E-state index in [-0.39, 0.29) is 35.6 Å². The number of amides is 2. The van der Waals surface area contributed by atoms with Crippen LogP contribution in [0, 0.1) is 5.92 Å². The number of nitrogens with one attached hydrogen (secondary N) is 2. The summed E-state index contributed by atoms with van der Waals surface area (Å²) in [5.74, 6) is 0.573. The summed E-state index contributed by atoms with van der Waals surface area (Å²) in [6.07, 6.45) is 6.70. The number of nitrogens with zero attached hydrogens (tertiary/aromatic N) is 1. The van der Waals surface area contributed by atoms with Crippen molar-refractivity contribution in [1.29, 1.82) is 0 Å². The quantitative estimate of drug-likeness (QED) is 0.456. The van der Waals surface area contributed by atoms with Crippen LogP contribution in [0.3, 0.4) is 0 Å². The molecule has 190 valence electrons. The number of carbonyl (C=O) groups is 2. The molecule has 10 heteroatoms. The number of fused-ring (bicyclic) bond motifs is 1. The molecule has 2 aliphatic rings. The van der Waals surface area contributed by atoms with Crippen molar-refractivity contribution in [3.63, 3.8) is 0 Å². The normalized spacial score (nSPS) is 18.3. The lowest BCUT2D eigenvalue weighted by Gasteiger charge is -2.32. The number of rotatable bonds is 11. The van der Waals surface area contributed by atoms with Gasteiger partial charge in [-0.3, -0.25) is 9.59 Å². The topological polar surface area (TPSA) is 114 Å². The second-order valence-electron chi connectivity index (χ2n) is 8.84. The number of ether oxygens (including phenoxy) is 2. The van der Waals surface area contributed by atoms with Gasteiger partial charge in [0.15, 0.2) is 11.5 Å². The number of benzene rings is 1. The van der Waals surface area contributed by atoms with Crippen molar-refractivity contribution >= 4 is 21.8 Å². The van der Waals surface area contributed by atoms with Gasteiger partial charge in [-0.25, -0.2) is 13.1 Å². The highest BCUT2D eigenvalue weighted by atomic mass is 32.2. The molecule has 0 aromatic heterocycles. The Kier molecular flexibility index (Phi) is 10.0. The fourth-order valence-electron chi connectivity index (χ4n) is 4.17. The van der Waals surface area contributed by atoms with Gasteiger partial charge in [-0.05, 0) is 31.4 Å². The lowest BCUT2D eigenvalue weighted by atomic mass is 9.96. The minimum atomic E-state index is -3.79. The maximum Gasteiger partial charge on any atom is 0.240 e. The number of carbonyl (C=O) groups excluding carboxylic acids is 2. The molecule has 0 spiro atoms. The molecule has 2 heterocycles. The number of sulfonamides is 1. The second-order valence-corrected chi connectivity index (χ2v) is 10.6. The van der Waals surface area contributed by atoms with E-state index in [9.17, 15) is 18.0 Å². The molecule has 3 rings (SSSR count). The first-order chi connectivity index (χ1) is 16.4. The van der Waals surface area contributed by atoms with Gasteiger partial charge < -0.3 is 19.7 Å². The SMILES string of the molecule is CCCCCCNC(=O)C1CCCN(C(=O)CCNS(=O)(=O)c2ccc3c(c2)OCCCO3)C1. The molecule has 1 aromatic rings. The molecular weight excluding hydrogens is 458 g/mol. The molecule has 1 atom stereocenters. The van der Waals surface area contributed by atoms with E-state index in [1.165, 1.54) is 18.6 Å². The molecule has 0 radical (unpaired) electrons. The van der Waals surface area contributed by atoms with Gasteiger partial charge in [-0.2, -0.15) is 0 Å². The summed E-state index contributed by atoms with van der Waals surface area (Å²) in [5.41, 5.74) is 0. The minimum absolute atomic E-state index is 0.00380. The molecule has 1 unspecified atom stereocenters. The summed E-state index contributed by atoms with van der Waals surface area (Å²) in [4.78, 5) is 26.9. The second kappa shape index (κ2) is 12.9. The number of hydrogen-bond donors (Lipinski definition) is 2. The summed E-state index contributed by atoms with van der Waals surface area (Å²) >= 11 is 0. The summed E-state index contributed by atoms with van der Waals surface area (Å²) < 4.78 is 39.0. The van der Waals surface area contributed by atoms with Gasteiger partial charge in [0.1, 0.15) is 0 Å². The molecule has 2 aliphatic heterocycles. The first-order valence-electron chi connectivity index (χ1n) is 12.4. The maximum absolute atomic E-state index is 12.7. The van der Waals surface area contributed by atoms with E-state index in [1.807, 2.05) is 0 Å². The first kappa shape index (κ1) is 26.3. The molecule has 1 saturated heterocycles. The first-order valence-corrected chi connectivity index (χ1v) is 13.8. The van der Waals surface area contributed by atoms with E-state index in [2.05, 4.69) is 17.0 Å². The Hall–Kier alpha value is -2.33. The molecular formula is C24H37N3O6S. The highest BCUT2D eigenvalue weighted by molar-refractivity contribution is 7.89. The van der Waals surface area contributed by atoms with Gasteiger partial charge in [0.25, 0.3) is 0 Å². The molecule has 0 bridgehead atoms. The number of piperidine rings is 1. The minimum Gasteiger partial charge on any atom is -0.490 e. The average Bonchev–Trinajstić information content (AvgIpc) is 3.08. The summed E-state index contributed by atoms with van der Waals surface area (Å²) in [6, 6.07) is 4.50. The summed E-state index contributed by atoms with van der Waals surface area (Å²) in [5, 5.41) is 2.99. The molecule has 1 aromatic carbocycles. The third-order valence-corrected chi connectivity index (χ3v) is 7.59. The molecule has 0 saturated carbocycles. The Labute approximate surface area is 202 Å². The van der Waals surface area contributed by atoms with Gasteiger partial charge in [-0.1, -0.05) is 26.2 Å². The maximum atomic E-state index is 12.7. The van der Waals surface area contributed by atoms with Gasteiger partial charge in [-0.15, -0.1) is 0 Å². The predicted octanol–water partition coefficient (Wildman–Crippen LogP) is 2.45. The van der Waals surface area contributed by atoms with Crippen LogP contribution in [0.4, 0.5) is 0 Å². The van der Waals surface area contributed by atoms with Crippen LogP contribution in [0.5, 0.6) is 11.5 Å². The molecule has 9 nitrogen and oxygen atoms in total. The molecule has 34 heavy (non-hydrogen) atoms. The van der Waals surface area contributed by atoms with Crippen LogP contribution in [0.2, 0.25) is 0 Å². The van der Waals surface area contributed by atoms with E-state index < -0.39 is 10.0 Å². The summed E-state index contributed by atoms with van der Waals surface area (Å²) in [6.45, 7) is 4.77. The monoisotopic (exact) mass is 495 g/mol. The highest BCUT2D eigenvalue weighted by Gasteiger charge is 2.28. The fourth-order valence-corrected chi connectivity index (χ4v) is 5.22. The van der Waals surface area contributed by atoms with Crippen molar-refractivity contribution in [2.45, 2.75) is 63.2 Å². The van der Waals surface area contributed by atoms with Gasteiger partial charge in [0.05, 0.1) is 24.0 Å². The van der Waals surface area contributed by atoms with Crippen molar-refractivity contribution in [2.24, 2.45) is 5.92 Å². The van der Waals surface area contributed by atoms with Crippen molar-refractivity contribution in [1.82, 2.24) is 14.9 Å². The Morgan fingerprint density at radius 3 is 2.65 bits per heavy atom. The van der Waals surface area contributed by atoms with Crippen LogP contribution in [0.1, 0.15) is 58.3 Å². The molecule has 2 amide bonds.